The van der Waals surface area contributed by atoms with E-state index >= 15 is 0 Å². The lowest BCUT2D eigenvalue weighted by Gasteiger charge is -2.04. The van der Waals surface area contributed by atoms with Gasteiger partial charge in [0.1, 0.15) is 5.82 Å². The molecule has 0 atom stereocenters. The standard InChI is InChI=1S/C14H11N5.CH4/c1-16-9-19-12-7-3-2-6-11(12)18-14(19)10-5-4-8-17-13(10)15;/h2-8H,9H2,(H2,15,17);1H4. The molecule has 100 valence electrons. The van der Waals surface area contributed by atoms with Crippen molar-refractivity contribution in [1.82, 2.24) is 14.5 Å². The predicted molar refractivity (Wildman–Crippen MR) is 80.7 cm³/mol. The van der Waals surface area contributed by atoms with E-state index < -0.39 is 0 Å². The largest absolute Gasteiger partial charge is 0.383 e. The van der Waals surface area contributed by atoms with Crippen molar-refractivity contribution < 1.29 is 0 Å². The van der Waals surface area contributed by atoms with Crippen LogP contribution >= 0.6 is 0 Å². The van der Waals surface area contributed by atoms with E-state index in [0.29, 0.717) is 11.6 Å². The Morgan fingerprint density at radius 2 is 2.00 bits per heavy atom. The molecule has 5 heteroatoms. The Labute approximate surface area is 117 Å². The SMILES string of the molecule is C.[C-]#[N+]Cn1c(-c2cccnc2N)nc2ccccc21. The summed E-state index contributed by atoms with van der Waals surface area (Å²) in [6.07, 6.45) is 1.64. The van der Waals surface area contributed by atoms with E-state index in [1.165, 1.54) is 0 Å². The number of para-hydroxylation sites is 2. The maximum Gasteiger partial charge on any atom is 0.294 e. The van der Waals surface area contributed by atoms with E-state index in [0.717, 1.165) is 16.6 Å². The number of benzene rings is 1. The van der Waals surface area contributed by atoms with Crippen molar-refractivity contribution in [1.29, 1.82) is 0 Å². The summed E-state index contributed by atoms with van der Waals surface area (Å²) in [5.41, 5.74) is 8.43. The molecule has 0 unspecified atom stereocenters. The van der Waals surface area contributed by atoms with Gasteiger partial charge >= 0.3 is 0 Å². The number of nitrogen functional groups attached to an aromatic ring is 1. The van der Waals surface area contributed by atoms with Crippen molar-refractivity contribution in [2.45, 2.75) is 14.1 Å². The smallest absolute Gasteiger partial charge is 0.294 e. The summed E-state index contributed by atoms with van der Waals surface area (Å²) in [7, 11) is 0. The second-order valence-corrected chi connectivity index (χ2v) is 4.09. The van der Waals surface area contributed by atoms with Gasteiger partial charge in [-0.3, -0.25) is 9.41 Å². The fourth-order valence-electron chi connectivity index (χ4n) is 2.10. The average Bonchev–Trinajstić information content (AvgIpc) is 2.79. The van der Waals surface area contributed by atoms with Crippen LogP contribution in [0.3, 0.4) is 0 Å². The van der Waals surface area contributed by atoms with Crippen molar-refractivity contribution in [3.05, 3.63) is 54.0 Å². The number of imidazole rings is 1. The van der Waals surface area contributed by atoms with Gasteiger partial charge in [0, 0.05) is 6.20 Å². The summed E-state index contributed by atoms with van der Waals surface area (Å²) in [6, 6.07) is 11.4. The molecule has 0 radical (unpaired) electrons. The van der Waals surface area contributed by atoms with Crippen LogP contribution in [0.2, 0.25) is 0 Å². The Hall–Kier alpha value is -2.87. The quantitative estimate of drug-likeness (QED) is 0.724. The fourth-order valence-corrected chi connectivity index (χ4v) is 2.10. The number of rotatable bonds is 2. The minimum Gasteiger partial charge on any atom is -0.383 e. The van der Waals surface area contributed by atoms with Gasteiger partial charge in [-0.05, 0) is 24.3 Å². The minimum atomic E-state index is 0. The van der Waals surface area contributed by atoms with Crippen LogP contribution in [-0.2, 0) is 6.67 Å². The highest BCUT2D eigenvalue weighted by atomic mass is 15.1. The molecule has 2 aromatic heterocycles. The van der Waals surface area contributed by atoms with Crippen molar-refractivity contribution >= 4 is 16.9 Å². The lowest BCUT2D eigenvalue weighted by atomic mass is 10.2. The van der Waals surface area contributed by atoms with Crippen LogP contribution in [0.1, 0.15) is 7.43 Å². The van der Waals surface area contributed by atoms with E-state index in [4.69, 9.17) is 12.3 Å². The molecule has 0 aliphatic heterocycles. The van der Waals surface area contributed by atoms with Gasteiger partial charge in [0.25, 0.3) is 6.67 Å². The lowest BCUT2D eigenvalue weighted by Crippen LogP contribution is -2.01. The van der Waals surface area contributed by atoms with Crippen LogP contribution in [-0.4, -0.2) is 14.5 Å². The van der Waals surface area contributed by atoms with Crippen LogP contribution in [0, 0.1) is 6.57 Å². The summed E-state index contributed by atoms with van der Waals surface area (Å²) >= 11 is 0. The number of nitrogens with two attached hydrogens (primary N) is 1. The van der Waals surface area contributed by atoms with Gasteiger partial charge in [-0.15, -0.1) is 0 Å². The molecule has 0 fully saturated rings. The normalized spacial score (nSPS) is 9.95. The van der Waals surface area contributed by atoms with E-state index in [2.05, 4.69) is 14.8 Å². The van der Waals surface area contributed by atoms with Crippen LogP contribution in [0.15, 0.2) is 42.6 Å². The third-order valence-electron chi connectivity index (χ3n) is 2.95. The zero-order chi connectivity index (χ0) is 13.2. The zero-order valence-corrected chi connectivity index (χ0v) is 10.1. The van der Waals surface area contributed by atoms with Crippen LogP contribution in [0.5, 0.6) is 0 Å². The molecule has 0 aliphatic rings. The molecule has 0 bridgehead atoms. The summed E-state index contributed by atoms with van der Waals surface area (Å²) < 4.78 is 1.86. The van der Waals surface area contributed by atoms with Gasteiger partial charge < -0.3 is 5.73 Å². The van der Waals surface area contributed by atoms with Crippen LogP contribution in [0.25, 0.3) is 27.3 Å². The molecule has 0 spiro atoms. The molecule has 1 aromatic carbocycles. The molecule has 0 amide bonds. The monoisotopic (exact) mass is 265 g/mol. The Bertz CT molecular complexity index is 782. The van der Waals surface area contributed by atoms with Gasteiger partial charge in [0.15, 0.2) is 5.82 Å². The lowest BCUT2D eigenvalue weighted by molar-refractivity contribution is 0.856. The van der Waals surface area contributed by atoms with Crippen molar-refractivity contribution in [3.8, 4) is 11.4 Å². The highest BCUT2D eigenvalue weighted by molar-refractivity contribution is 5.82. The minimum absolute atomic E-state index is 0. The fraction of sp³-hybridized carbons (Fsp3) is 0.133. The molecule has 0 aliphatic carbocycles. The van der Waals surface area contributed by atoms with Crippen LogP contribution < -0.4 is 5.73 Å². The first-order valence-electron chi connectivity index (χ1n) is 5.80. The average molecular weight is 265 g/mol. The van der Waals surface area contributed by atoms with Gasteiger partial charge in [-0.25, -0.2) is 16.5 Å². The molecule has 2 heterocycles. The first-order chi connectivity index (χ1) is 9.31. The number of hydrogen-bond acceptors (Lipinski definition) is 3. The van der Waals surface area contributed by atoms with Gasteiger partial charge in [-0.1, -0.05) is 19.6 Å². The Morgan fingerprint density at radius 3 is 2.75 bits per heavy atom. The summed E-state index contributed by atoms with van der Waals surface area (Å²) in [5, 5.41) is 0. The molecule has 3 aromatic rings. The van der Waals surface area contributed by atoms with Crippen LogP contribution in [0.4, 0.5) is 5.82 Å². The van der Waals surface area contributed by atoms with Crippen molar-refractivity contribution in [2.24, 2.45) is 0 Å². The highest BCUT2D eigenvalue weighted by Crippen LogP contribution is 2.27. The molecule has 20 heavy (non-hydrogen) atoms. The molecule has 0 saturated heterocycles. The predicted octanol–water partition coefficient (Wildman–Crippen LogP) is 3.19. The summed E-state index contributed by atoms with van der Waals surface area (Å²) in [6.45, 7) is 7.31. The first kappa shape index (κ1) is 13.6. The Morgan fingerprint density at radius 1 is 1.20 bits per heavy atom. The summed E-state index contributed by atoms with van der Waals surface area (Å²) in [5.74, 6) is 1.10. The number of hydrogen-bond donors (Lipinski definition) is 1. The Kier molecular flexibility index (Phi) is 3.67. The third kappa shape index (κ3) is 2.08. The van der Waals surface area contributed by atoms with Crippen molar-refractivity contribution in [2.75, 3.05) is 5.73 Å². The van der Waals surface area contributed by atoms with Gasteiger partial charge in [0.05, 0.1) is 16.6 Å². The number of aromatic nitrogens is 3. The number of nitrogens with zero attached hydrogens (tertiary/aromatic N) is 4. The third-order valence-corrected chi connectivity index (χ3v) is 2.95. The highest BCUT2D eigenvalue weighted by Gasteiger charge is 2.15. The molecule has 3 rings (SSSR count). The van der Waals surface area contributed by atoms with Gasteiger partial charge in [-0.2, -0.15) is 0 Å². The molecular formula is C15H15N5. The second kappa shape index (κ2) is 5.41. The van der Waals surface area contributed by atoms with E-state index in [1.807, 2.05) is 41.0 Å². The summed E-state index contributed by atoms with van der Waals surface area (Å²) in [4.78, 5) is 12.1. The number of fused-ring (bicyclic) bond motifs is 1. The molecule has 0 saturated carbocycles. The first-order valence-corrected chi connectivity index (χ1v) is 5.80. The number of anilines is 1. The van der Waals surface area contributed by atoms with E-state index in [9.17, 15) is 0 Å². The van der Waals surface area contributed by atoms with Gasteiger partial charge in [0.2, 0.25) is 0 Å². The maximum absolute atomic E-state index is 7.10. The maximum atomic E-state index is 7.10. The zero-order valence-electron chi connectivity index (χ0n) is 10.1. The molecular weight excluding hydrogens is 250 g/mol. The van der Waals surface area contributed by atoms with E-state index in [1.54, 1.807) is 6.20 Å². The number of pyridine rings is 1. The topological polar surface area (TPSA) is 61.1 Å². The molecule has 5 nitrogen and oxygen atoms in total. The van der Waals surface area contributed by atoms with E-state index in [-0.39, 0.29) is 14.1 Å². The van der Waals surface area contributed by atoms with Crippen molar-refractivity contribution in [3.63, 3.8) is 0 Å². The Balaban J connectivity index is 0.00000147. The molecule has 2 N–H and O–H groups in total. The second-order valence-electron chi connectivity index (χ2n) is 4.09.